The Labute approximate surface area is 242 Å². The number of rotatable bonds is 9. The zero-order chi connectivity index (χ0) is 28.9. The summed E-state index contributed by atoms with van der Waals surface area (Å²) in [4.78, 5) is 38.6. The SMILES string of the molecule is O=C(CC1CC=CCCCC(=O)OCC2(CCCC2)NC1=O)NC(CO)Cc1ccc(OCc2ccccc2)cc1. The number of hydrogen-bond acceptors (Lipinski definition) is 6. The molecular formula is C33H42N2O6. The molecule has 2 unspecified atom stereocenters. The van der Waals surface area contributed by atoms with E-state index in [1.165, 1.54) is 0 Å². The van der Waals surface area contributed by atoms with Crippen LogP contribution in [0.3, 0.4) is 0 Å². The molecule has 1 aliphatic carbocycles. The van der Waals surface area contributed by atoms with E-state index in [9.17, 15) is 19.5 Å². The van der Waals surface area contributed by atoms with Gasteiger partial charge in [-0.3, -0.25) is 14.4 Å². The first-order chi connectivity index (χ1) is 19.9. The van der Waals surface area contributed by atoms with Crippen molar-refractivity contribution in [3.05, 3.63) is 77.9 Å². The van der Waals surface area contributed by atoms with E-state index in [0.29, 0.717) is 38.7 Å². The maximum absolute atomic E-state index is 13.4. The van der Waals surface area contributed by atoms with E-state index in [-0.39, 0.29) is 37.4 Å². The number of hydrogen-bond donors (Lipinski definition) is 3. The van der Waals surface area contributed by atoms with Gasteiger partial charge >= 0.3 is 5.97 Å². The summed E-state index contributed by atoms with van der Waals surface area (Å²) in [6, 6.07) is 17.1. The van der Waals surface area contributed by atoms with Gasteiger partial charge in [0.05, 0.1) is 24.1 Å². The molecule has 0 saturated heterocycles. The average Bonchev–Trinajstić information content (AvgIpc) is 3.45. The van der Waals surface area contributed by atoms with Crippen LogP contribution in [0.2, 0.25) is 0 Å². The lowest BCUT2D eigenvalue weighted by atomic mass is 9.94. The Bertz CT molecular complexity index is 1160. The van der Waals surface area contributed by atoms with Crippen LogP contribution in [0.5, 0.6) is 5.75 Å². The normalized spacial score (nSPS) is 20.2. The molecular weight excluding hydrogens is 520 g/mol. The number of benzene rings is 2. The molecule has 8 heteroatoms. The van der Waals surface area contributed by atoms with Gasteiger partial charge < -0.3 is 25.2 Å². The van der Waals surface area contributed by atoms with Crippen LogP contribution in [-0.2, 0) is 32.1 Å². The van der Waals surface area contributed by atoms with Crippen LogP contribution < -0.4 is 15.4 Å². The fourth-order valence-electron chi connectivity index (χ4n) is 5.46. The topological polar surface area (TPSA) is 114 Å². The van der Waals surface area contributed by atoms with Crippen LogP contribution in [0, 0.1) is 5.92 Å². The zero-order valence-electron chi connectivity index (χ0n) is 23.7. The van der Waals surface area contributed by atoms with Crippen LogP contribution in [0.1, 0.15) is 68.9 Å². The van der Waals surface area contributed by atoms with E-state index in [4.69, 9.17) is 9.47 Å². The molecule has 2 aliphatic rings. The van der Waals surface area contributed by atoms with Crippen molar-refractivity contribution in [1.82, 2.24) is 10.6 Å². The van der Waals surface area contributed by atoms with Crippen molar-refractivity contribution in [3.8, 4) is 5.75 Å². The molecule has 1 aliphatic heterocycles. The van der Waals surface area contributed by atoms with Crippen molar-refractivity contribution in [2.24, 2.45) is 5.92 Å². The largest absolute Gasteiger partial charge is 0.489 e. The first-order valence-electron chi connectivity index (χ1n) is 14.7. The van der Waals surface area contributed by atoms with Gasteiger partial charge in [-0.25, -0.2) is 0 Å². The number of aliphatic hydroxyl groups is 1. The van der Waals surface area contributed by atoms with Crippen LogP contribution in [-0.4, -0.2) is 47.7 Å². The Morgan fingerprint density at radius 2 is 1.78 bits per heavy atom. The molecule has 2 aromatic carbocycles. The van der Waals surface area contributed by atoms with Gasteiger partial charge in [-0.15, -0.1) is 0 Å². The Balaban J connectivity index is 1.32. The molecule has 1 spiro atoms. The third-order valence-electron chi connectivity index (χ3n) is 7.84. The van der Waals surface area contributed by atoms with Crippen LogP contribution in [0.4, 0.5) is 0 Å². The van der Waals surface area contributed by atoms with E-state index in [1.54, 1.807) is 0 Å². The maximum Gasteiger partial charge on any atom is 0.305 e. The third-order valence-corrected chi connectivity index (χ3v) is 7.84. The highest BCUT2D eigenvalue weighted by Gasteiger charge is 2.38. The van der Waals surface area contributed by atoms with Gasteiger partial charge in [-0.2, -0.15) is 0 Å². The van der Waals surface area contributed by atoms with E-state index >= 15 is 0 Å². The molecule has 8 nitrogen and oxygen atoms in total. The summed E-state index contributed by atoms with van der Waals surface area (Å²) in [5.74, 6) is -0.529. The zero-order valence-corrected chi connectivity index (χ0v) is 23.7. The number of ether oxygens (including phenoxy) is 2. The number of carbonyl (C=O) groups is 3. The lowest BCUT2D eigenvalue weighted by molar-refractivity contribution is -0.147. The fourth-order valence-corrected chi connectivity index (χ4v) is 5.46. The second kappa shape index (κ2) is 15.4. The number of allylic oxidation sites excluding steroid dienone is 2. The molecule has 220 valence electrons. The summed E-state index contributed by atoms with van der Waals surface area (Å²) >= 11 is 0. The van der Waals surface area contributed by atoms with Gasteiger partial charge in [0.2, 0.25) is 11.8 Å². The summed E-state index contributed by atoms with van der Waals surface area (Å²) in [7, 11) is 0. The second-order valence-electron chi connectivity index (χ2n) is 11.2. The Morgan fingerprint density at radius 3 is 2.51 bits per heavy atom. The molecule has 0 radical (unpaired) electrons. The molecule has 41 heavy (non-hydrogen) atoms. The average molecular weight is 563 g/mol. The molecule has 1 heterocycles. The number of cyclic esters (lactones) is 1. The second-order valence-corrected chi connectivity index (χ2v) is 11.2. The lowest BCUT2D eigenvalue weighted by Gasteiger charge is -2.31. The minimum atomic E-state index is -0.566. The molecule has 1 fully saturated rings. The fraction of sp³-hybridized carbons (Fsp3) is 0.485. The molecule has 1 saturated carbocycles. The first kappa shape index (κ1) is 30.3. The Hall–Kier alpha value is -3.65. The molecule has 4 rings (SSSR count). The monoisotopic (exact) mass is 562 g/mol. The lowest BCUT2D eigenvalue weighted by Crippen LogP contribution is -2.52. The standard InChI is InChI=1S/C33H42N2O6/c36-22-28(20-25-14-16-29(17-15-25)40-23-26-10-4-3-5-11-26)34-30(37)21-27-12-6-1-2-7-13-31(38)41-24-33(35-32(27)39)18-8-9-19-33/h1,3-6,10-11,14-17,27-28,36H,2,7-9,12-13,18-24H2,(H,34,37)(H,35,39). The Kier molecular flexibility index (Phi) is 11.4. The summed E-state index contributed by atoms with van der Waals surface area (Å²) in [6.45, 7) is 0.432. The Morgan fingerprint density at radius 1 is 1.02 bits per heavy atom. The molecule has 2 amide bonds. The van der Waals surface area contributed by atoms with Gasteiger partial charge in [-0.1, -0.05) is 67.5 Å². The molecule has 0 aromatic heterocycles. The minimum Gasteiger partial charge on any atom is -0.489 e. The van der Waals surface area contributed by atoms with Gasteiger partial charge in [0.25, 0.3) is 0 Å². The molecule has 2 atom stereocenters. The predicted octanol–water partition coefficient (Wildman–Crippen LogP) is 4.39. The number of esters is 1. The number of nitrogens with one attached hydrogen (secondary N) is 2. The van der Waals surface area contributed by atoms with Gasteiger partial charge in [0.15, 0.2) is 0 Å². The smallest absolute Gasteiger partial charge is 0.305 e. The van der Waals surface area contributed by atoms with Crippen LogP contribution in [0.25, 0.3) is 0 Å². The van der Waals surface area contributed by atoms with Crippen molar-refractivity contribution >= 4 is 17.8 Å². The first-order valence-corrected chi connectivity index (χ1v) is 14.7. The highest BCUT2D eigenvalue weighted by Crippen LogP contribution is 2.31. The van der Waals surface area contributed by atoms with Crippen molar-refractivity contribution in [2.75, 3.05) is 13.2 Å². The van der Waals surface area contributed by atoms with Crippen LogP contribution >= 0.6 is 0 Å². The highest BCUT2D eigenvalue weighted by molar-refractivity contribution is 5.86. The van der Waals surface area contributed by atoms with Crippen molar-refractivity contribution < 1.29 is 29.0 Å². The number of aliphatic hydroxyl groups excluding tert-OH is 1. The number of carbonyl (C=O) groups excluding carboxylic acids is 3. The summed E-state index contributed by atoms with van der Waals surface area (Å²) in [6.07, 6.45) is 9.95. The summed E-state index contributed by atoms with van der Waals surface area (Å²) in [5, 5.41) is 16.0. The minimum absolute atomic E-state index is 0.00873. The van der Waals surface area contributed by atoms with Crippen LogP contribution in [0.15, 0.2) is 66.7 Å². The van der Waals surface area contributed by atoms with Gasteiger partial charge in [-0.05, 0) is 61.8 Å². The predicted molar refractivity (Wildman–Crippen MR) is 156 cm³/mol. The van der Waals surface area contributed by atoms with E-state index in [2.05, 4.69) is 10.6 Å². The number of amides is 2. The van der Waals surface area contributed by atoms with Crippen molar-refractivity contribution in [2.45, 2.75) is 82.4 Å². The molecule has 2 aromatic rings. The maximum atomic E-state index is 13.4. The van der Waals surface area contributed by atoms with E-state index in [1.807, 2.05) is 66.7 Å². The van der Waals surface area contributed by atoms with Crippen molar-refractivity contribution in [3.63, 3.8) is 0 Å². The van der Waals surface area contributed by atoms with Crippen molar-refractivity contribution in [1.29, 1.82) is 0 Å². The van der Waals surface area contributed by atoms with E-state index in [0.717, 1.165) is 42.6 Å². The third kappa shape index (κ3) is 9.74. The van der Waals surface area contributed by atoms with Gasteiger partial charge in [0, 0.05) is 12.8 Å². The summed E-state index contributed by atoms with van der Waals surface area (Å²) in [5.41, 5.74) is 1.48. The molecule has 3 N–H and O–H groups in total. The summed E-state index contributed by atoms with van der Waals surface area (Å²) < 4.78 is 11.4. The highest BCUT2D eigenvalue weighted by atomic mass is 16.5. The van der Waals surface area contributed by atoms with Gasteiger partial charge in [0.1, 0.15) is 19.0 Å². The quantitative estimate of drug-likeness (QED) is 0.309. The molecule has 0 bridgehead atoms. The van der Waals surface area contributed by atoms with E-state index < -0.39 is 17.5 Å².